The maximum atomic E-state index is 13.1. The summed E-state index contributed by atoms with van der Waals surface area (Å²) in [7, 11) is -3.35. The van der Waals surface area contributed by atoms with E-state index in [1.165, 1.54) is 35.0 Å². The van der Waals surface area contributed by atoms with Gasteiger partial charge in [-0.05, 0) is 55.8 Å². The zero-order chi connectivity index (χ0) is 19.6. The fourth-order valence-corrected chi connectivity index (χ4v) is 3.21. The van der Waals surface area contributed by atoms with Crippen molar-refractivity contribution >= 4 is 15.7 Å². The van der Waals surface area contributed by atoms with E-state index in [1.807, 2.05) is 0 Å². The predicted molar refractivity (Wildman–Crippen MR) is 103 cm³/mol. The number of anilines is 1. The minimum atomic E-state index is -3.35. The topological polar surface area (TPSA) is 81.1 Å². The molecule has 1 N–H and O–H groups in total. The van der Waals surface area contributed by atoms with Gasteiger partial charge < -0.3 is 0 Å². The van der Waals surface area contributed by atoms with Crippen molar-refractivity contribution in [2.45, 2.75) is 13.8 Å². The van der Waals surface area contributed by atoms with Crippen LogP contribution in [0.25, 0.3) is 16.8 Å². The maximum Gasteiger partial charge on any atom is 0.272 e. The average molecular weight is 387 g/mol. The number of hydrogen-bond acceptors (Lipinski definition) is 4. The van der Waals surface area contributed by atoms with Crippen LogP contribution in [0.1, 0.15) is 12.6 Å². The molecule has 140 valence electrons. The number of nitrogens with one attached hydrogen (secondary N) is 1. The number of sulfonamides is 1. The molecule has 0 atom stereocenters. The van der Waals surface area contributed by atoms with Gasteiger partial charge in [0.05, 0.1) is 17.1 Å². The molecule has 0 radical (unpaired) electrons. The number of benzene rings is 2. The second-order valence-corrected chi connectivity index (χ2v) is 7.96. The molecule has 0 saturated heterocycles. The first-order chi connectivity index (χ1) is 12.8. The van der Waals surface area contributed by atoms with Crippen LogP contribution in [0.2, 0.25) is 0 Å². The molecule has 1 heterocycles. The Labute approximate surface area is 156 Å². The third kappa shape index (κ3) is 4.22. The monoisotopic (exact) mass is 387 g/mol. The molecule has 6 nitrogen and oxygen atoms in total. The minimum Gasteiger partial charge on any atom is -0.284 e. The summed E-state index contributed by atoms with van der Waals surface area (Å²) in [4.78, 5) is 12.5. The van der Waals surface area contributed by atoms with Crippen molar-refractivity contribution in [1.82, 2.24) is 9.78 Å². The molecule has 0 aliphatic carbocycles. The van der Waals surface area contributed by atoms with Crippen molar-refractivity contribution in [3.63, 3.8) is 0 Å². The largest absolute Gasteiger partial charge is 0.284 e. The normalized spacial score (nSPS) is 11.4. The smallest absolute Gasteiger partial charge is 0.272 e. The van der Waals surface area contributed by atoms with Gasteiger partial charge in [0.15, 0.2) is 0 Å². The highest BCUT2D eigenvalue weighted by molar-refractivity contribution is 7.92. The lowest BCUT2D eigenvalue weighted by molar-refractivity contribution is 0.602. The van der Waals surface area contributed by atoms with E-state index in [9.17, 15) is 17.6 Å². The molecule has 3 aromatic rings. The van der Waals surface area contributed by atoms with Crippen LogP contribution in [0.4, 0.5) is 10.1 Å². The number of nitrogens with zero attached hydrogens (tertiary/aromatic N) is 2. The van der Waals surface area contributed by atoms with E-state index < -0.39 is 10.0 Å². The van der Waals surface area contributed by atoms with Gasteiger partial charge in [-0.2, -0.15) is 9.78 Å². The number of rotatable bonds is 5. The van der Waals surface area contributed by atoms with Crippen molar-refractivity contribution in [2.24, 2.45) is 0 Å². The average Bonchev–Trinajstić information content (AvgIpc) is 2.64. The van der Waals surface area contributed by atoms with E-state index in [-0.39, 0.29) is 17.1 Å². The van der Waals surface area contributed by atoms with Crippen molar-refractivity contribution in [3.8, 4) is 16.8 Å². The summed E-state index contributed by atoms with van der Waals surface area (Å²) in [6.07, 6.45) is 0. The predicted octanol–water partition coefficient (Wildman–Crippen LogP) is 3.11. The standard InChI is InChI=1S/C19H18FN3O3S/c1-3-27(25,26)22-16-8-4-14(5-9-16)18-12-19(24)23(21-13(18)2)17-10-6-15(20)7-11-17/h4-12,22H,3H2,1-2H3. The molecule has 27 heavy (non-hydrogen) atoms. The Kier molecular flexibility index (Phi) is 5.09. The van der Waals surface area contributed by atoms with Crippen molar-refractivity contribution in [3.05, 3.63) is 76.5 Å². The highest BCUT2D eigenvalue weighted by Gasteiger charge is 2.11. The van der Waals surface area contributed by atoms with Crippen LogP contribution in [-0.2, 0) is 10.0 Å². The Morgan fingerprint density at radius 1 is 1.07 bits per heavy atom. The molecule has 2 aromatic carbocycles. The highest BCUT2D eigenvalue weighted by Crippen LogP contribution is 2.23. The molecule has 0 aliphatic heterocycles. The molecule has 0 fully saturated rings. The van der Waals surface area contributed by atoms with Gasteiger partial charge in [0.25, 0.3) is 5.56 Å². The Morgan fingerprint density at radius 3 is 2.30 bits per heavy atom. The van der Waals surface area contributed by atoms with Crippen LogP contribution in [0.15, 0.2) is 59.4 Å². The summed E-state index contributed by atoms with van der Waals surface area (Å²) >= 11 is 0. The highest BCUT2D eigenvalue weighted by atomic mass is 32.2. The lowest BCUT2D eigenvalue weighted by Crippen LogP contribution is -2.21. The van der Waals surface area contributed by atoms with Crippen molar-refractivity contribution in [2.75, 3.05) is 10.5 Å². The molecule has 0 unspecified atom stereocenters. The molecule has 0 spiro atoms. The maximum absolute atomic E-state index is 13.1. The van der Waals surface area contributed by atoms with Crippen LogP contribution in [-0.4, -0.2) is 24.0 Å². The Bertz CT molecular complexity index is 1120. The summed E-state index contributed by atoms with van der Waals surface area (Å²) in [5.41, 5.74) is 2.57. The Balaban J connectivity index is 1.95. The van der Waals surface area contributed by atoms with Gasteiger partial charge in [-0.25, -0.2) is 12.8 Å². The third-order valence-corrected chi connectivity index (χ3v) is 5.34. The van der Waals surface area contributed by atoms with Gasteiger partial charge in [0.2, 0.25) is 10.0 Å². The first-order valence-electron chi connectivity index (χ1n) is 8.27. The Hall–Kier alpha value is -3.00. The second kappa shape index (κ2) is 7.32. The first kappa shape index (κ1) is 18.8. The quantitative estimate of drug-likeness (QED) is 0.729. The zero-order valence-electron chi connectivity index (χ0n) is 14.8. The fraction of sp³-hybridized carbons (Fsp3) is 0.158. The molecule has 0 saturated carbocycles. The summed E-state index contributed by atoms with van der Waals surface area (Å²) in [5, 5.41) is 4.31. The summed E-state index contributed by atoms with van der Waals surface area (Å²) in [6.45, 7) is 3.32. The summed E-state index contributed by atoms with van der Waals surface area (Å²) < 4.78 is 40.0. The van der Waals surface area contributed by atoms with Crippen LogP contribution >= 0.6 is 0 Å². The zero-order valence-corrected chi connectivity index (χ0v) is 15.6. The Morgan fingerprint density at radius 2 is 1.70 bits per heavy atom. The van der Waals surface area contributed by atoms with E-state index in [0.29, 0.717) is 22.6 Å². The lowest BCUT2D eigenvalue weighted by Gasteiger charge is -2.11. The molecule has 0 amide bonds. The van der Waals surface area contributed by atoms with E-state index in [1.54, 1.807) is 38.1 Å². The summed E-state index contributed by atoms with van der Waals surface area (Å²) in [5.74, 6) is -0.404. The van der Waals surface area contributed by atoms with E-state index in [0.717, 1.165) is 5.56 Å². The van der Waals surface area contributed by atoms with Crippen molar-refractivity contribution < 1.29 is 12.8 Å². The molecule has 8 heteroatoms. The van der Waals surface area contributed by atoms with Gasteiger partial charge in [-0.3, -0.25) is 9.52 Å². The molecular weight excluding hydrogens is 369 g/mol. The van der Waals surface area contributed by atoms with Gasteiger partial charge in [0, 0.05) is 17.3 Å². The van der Waals surface area contributed by atoms with Crippen LogP contribution in [0, 0.1) is 12.7 Å². The molecular formula is C19H18FN3O3S. The number of aryl methyl sites for hydroxylation is 1. The minimum absolute atomic E-state index is 0.0145. The molecule has 0 aliphatic rings. The van der Waals surface area contributed by atoms with Gasteiger partial charge in [0.1, 0.15) is 5.82 Å². The van der Waals surface area contributed by atoms with Gasteiger partial charge >= 0.3 is 0 Å². The molecule has 1 aromatic heterocycles. The third-order valence-electron chi connectivity index (χ3n) is 4.04. The molecule has 3 rings (SSSR count). The number of aromatic nitrogens is 2. The van der Waals surface area contributed by atoms with Crippen LogP contribution in [0.5, 0.6) is 0 Å². The SMILES string of the molecule is CCS(=O)(=O)Nc1ccc(-c2cc(=O)n(-c3ccc(F)cc3)nc2C)cc1. The summed E-state index contributed by atoms with van der Waals surface area (Å²) in [6, 6.07) is 13.7. The van der Waals surface area contributed by atoms with E-state index >= 15 is 0 Å². The van der Waals surface area contributed by atoms with Gasteiger partial charge in [-0.15, -0.1) is 0 Å². The first-order valence-corrected chi connectivity index (χ1v) is 9.92. The fourth-order valence-electron chi connectivity index (χ4n) is 2.57. The van der Waals surface area contributed by atoms with Crippen LogP contribution in [0.3, 0.4) is 0 Å². The van der Waals surface area contributed by atoms with E-state index in [4.69, 9.17) is 0 Å². The van der Waals surface area contributed by atoms with E-state index in [2.05, 4.69) is 9.82 Å². The van der Waals surface area contributed by atoms with Crippen LogP contribution < -0.4 is 10.3 Å². The molecule has 0 bridgehead atoms. The second-order valence-electron chi connectivity index (χ2n) is 5.95. The number of halogens is 1. The van der Waals surface area contributed by atoms with Crippen molar-refractivity contribution in [1.29, 1.82) is 0 Å². The van der Waals surface area contributed by atoms with Gasteiger partial charge in [-0.1, -0.05) is 12.1 Å². The lowest BCUT2D eigenvalue weighted by atomic mass is 10.1. The number of hydrogen-bond donors (Lipinski definition) is 1.